The summed E-state index contributed by atoms with van der Waals surface area (Å²) in [5, 5.41) is 13.2. The predicted octanol–water partition coefficient (Wildman–Crippen LogP) is 2.17. The number of nitro groups is 1. The number of pyridine rings is 1. The topological polar surface area (TPSA) is 71.3 Å². The fourth-order valence-corrected chi connectivity index (χ4v) is 2.32. The van der Waals surface area contributed by atoms with Gasteiger partial charge in [-0.15, -0.1) is 0 Å². The quantitative estimate of drug-likeness (QED) is 0.521. The van der Waals surface area contributed by atoms with Crippen molar-refractivity contribution in [3.8, 4) is 0 Å². The first-order valence-electron chi connectivity index (χ1n) is 5.88. The van der Waals surface area contributed by atoms with Crippen molar-refractivity contribution < 1.29 is 18.1 Å². The minimum atomic E-state index is -4.37. The first-order valence-corrected chi connectivity index (χ1v) is 6.70. The number of nitrogens with zero attached hydrogens (tertiary/aromatic N) is 3. The van der Waals surface area contributed by atoms with E-state index in [1.807, 2.05) is 0 Å². The maximum Gasteiger partial charge on any atom is 0.447 e. The Labute approximate surface area is 122 Å². The van der Waals surface area contributed by atoms with Crippen molar-refractivity contribution in [3.63, 3.8) is 0 Å². The lowest BCUT2D eigenvalue weighted by molar-refractivity contribution is -0.404. The van der Waals surface area contributed by atoms with Crippen molar-refractivity contribution in [2.24, 2.45) is 0 Å². The molecule has 10 heteroatoms. The molecule has 1 aliphatic heterocycles. The fourth-order valence-electron chi connectivity index (χ4n) is 1.85. The summed E-state index contributed by atoms with van der Waals surface area (Å²) in [6.07, 6.45) is 2.21. The Morgan fingerprint density at radius 2 is 2.29 bits per heavy atom. The summed E-state index contributed by atoms with van der Waals surface area (Å²) >= 11 is -0.277. The molecule has 1 fully saturated rings. The van der Waals surface area contributed by atoms with Gasteiger partial charge in [0.2, 0.25) is 0 Å². The molecule has 1 aromatic heterocycles. The Hall–Kier alpha value is -1.97. The van der Waals surface area contributed by atoms with Crippen LogP contribution >= 0.6 is 11.8 Å². The summed E-state index contributed by atoms with van der Waals surface area (Å²) in [5.74, 6) is 0.383. The zero-order valence-electron chi connectivity index (χ0n) is 10.6. The number of thioether (sulfide) groups is 1. The van der Waals surface area contributed by atoms with Gasteiger partial charge in [0.25, 0.3) is 6.20 Å². The van der Waals surface area contributed by atoms with Crippen LogP contribution in [0.5, 0.6) is 0 Å². The lowest BCUT2D eigenvalue weighted by Gasteiger charge is -2.17. The Morgan fingerprint density at radius 3 is 2.86 bits per heavy atom. The van der Waals surface area contributed by atoms with Gasteiger partial charge in [-0.1, -0.05) is 6.07 Å². The minimum absolute atomic E-state index is 0.133. The fraction of sp³-hybridized carbons (Fsp3) is 0.364. The molecule has 21 heavy (non-hydrogen) atoms. The van der Waals surface area contributed by atoms with E-state index in [9.17, 15) is 23.3 Å². The molecule has 1 aliphatic rings. The SMILES string of the molecule is O=[N+]([O-])/C=C1\NCCN1Cc1ccc(SC(F)(F)F)nc1. The molecule has 2 heterocycles. The molecule has 114 valence electrons. The van der Waals surface area contributed by atoms with Crippen LogP contribution in [-0.4, -0.2) is 33.4 Å². The molecule has 0 saturated carbocycles. The predicted molar refractivity (Wildman–Crippen MR) is 69.6 cm³/mol. The Bertz CT molecular complexity index is 547. The van der Waals surface area contributed by atoms with Crippen molar-refractivity contribution in [1.82, 2.24) is 15.2 Å². The number of hydrogen-bond donors (Lipinski definition) is 1. The normalized spacial score (nSPS) is 17.1. The van der Waals surface area contributed by atoms with Crippen molar-refractivity contribution in [2.45, 2.75) is 17.1 Å². The van der Waals surface area contributed by atoms with Crippen LogP contribution in [0.4, 0.5) is 13.2 Å². The highest BCUT2D eigenvalue weighted by atomic mass is 32.2. The number of aromatic nitrogens is 1. The summed E-state index contributed by atoms with van der Waals surface area (Å²) in [7, 11) is 0. The summed E-state index contributed by atoms with van der Waals surface area (Å²) in [6.45, 7) is 1.50. The van der Waals surface area contributed by atoms with Crippen LogP contribution in [0.1, 0.15) is 5.56 Å². The van der Waals surface area contributed by atoms with Crippen molar-refractivity contribution >= 4 is 11.8 Å². The molecular formula is C11H11F3N4O2S. The average molecular weight is 320 g/mol. The van der Waals surface area contributed by atoms with Crippen LogP contribution in [-0.2, 0) is 6.54 Å². The molecule has 0 unspecified atom stereocenters. The number of halogens is 3. The van der Waals surface area contributed by atoms with E-state index in [1.165, 1.54) is 18.3 Å². The van der Waals surface area contributed by atoms with Crippen molar-refractivity contribution in [3.05, 3.63) is 46.0 Å². The molecule has 1 aromatic rings. The lowest BCUT2D eigenvalue weighted by atomic mass is 10.2. The molecule has 0 radical (unpaired) electrons. The Morgan fingerprint density at radius 1 is 1.52 bits per heavy atom. The largest absolute Gasteiger partial charge is 0.447 e. The van der Waals surface area contributed by atoms with E-state index in [4.69, 9.17) is 0 Å². The van der Waals surface area contributed by atoms with Crippen LogP contribution in [0.15, 0.2) is 35.4 Å². The second-order valence-corrected chi connectivity index (χ2v) is 5.29. The van der Waals surface area contributed by atoms with Crippen molar-refractivity contribution in [2.75, 3.05) is 13.1 Å². The maximum atomic E-state index is 12.2. The average Bonchev–Trinajstić information content (AvgIpc) is 2.76. The number of rotatable bonds is 4. The first-order chi connectivity index (χ1) is 9.83. The summed E-state index contributed by atoms with van der Waals surface area (Å²) in [4.78, 5) is 15.4. The molecule has 0 bridgehead atoms. The molecule has 0 aromatic carbocycles. The molecular weight excluding hydrogens is 309 g/mol. The Kier molecular flexibility index (Phi) is 4.56. The van der Waals surface area contributed by atoms with Crippen LogP contribution in [0.25, 0.3) is 0 Å². The smallest absolute Gasteiger partial charge is 0.365 e. The molecule has 2 rings (SSSR count). The summed E-state index contributed by atoms with van der Waals surface area (Å²) < 4.78 is 36.5. The number of hydrogen-bond acceptors (Lipinski definition) is 6. The zero-order chi connectivity index (χ0) is 15.5. The maximum absolute atomic E-state index is 12.2. The minimum Gasteiger partial charge on any atom is -0.365 e. The van der Waals surface area contributed by atoms with Gasteiger partial charge < -0.3 is 10.2 Å². The van der Waals surface area contributed by atoms with Crippen LogP contribution in [0.3, 0.4) is 0 Å². The molecule has 6 nitrogen and oxygen atoms in total. The van der Waals surface area contributed by atoms with Gasteiger partial charge in [0.15, 0.2) is 5.82 Å². The van der Waals surface area contributed by atoms with Gasteiger partial charge in [-0.2, -0.15) is 13.2 Å². The van der Waals surface area contributed by atoms with E-state index < -0.39 is 10.4 Å². The first kappa shape index (κ1) is 15.4. The van der Waals surface area contributed by atoms with E-state index in [1.54, 1.807) is 4.90 Å². The molecule has 0 amide bonds. The second kappa shape index (κ2) is 6.20. The number of nitrogens with one attached hydrogen (secondary N) is 1. The van der Waals surface area contributed by atoms with E-state index in [0.717, 1.165) is 6.20 Å². The second-order valence-electron chi connectivity index (χ2n) is 4.20. The van der Waals surface area contributed by atoms with Crippen molar-refractivity contribution in [1.29, 1.82) is 0 Å². The molecule has 1 N–H and O–H groups in total. The van der Waals surface area contributed by atoms with Gasteiger partial charge in [-0.05, 0) is 11.6 Å². The van der Waals surface area contributed by atoms with E-state index in [2.05, 4.69) is 10.3 Å². The van der Waals surface area contributed by atoms with Crippen LogP contribution < -0.4 is 5.32 Å². The monoisotopic (exact) mass is 320 g/mol. The molecule has 0 aliphatic carbocycles. The van der Waals surface area contributed by atoms with Crippen LogP contribution in [0, 0.1) is 10.1 Å². The van der Waals surface area contributed by atoms with Gasteiger partial charge in [-0.3, -0.25) is 10.1 Å². The number of alkyl halides is 3. The van der Waals surface area contributed by atoms with Crippen LogP contribution in [0.2, 0.25) is 0 Å². The van der Waals surface area contributed by atoms with E-state index >= 15 is 0 Å². The summed E-state index contributed by atoms with van der Waals surface area (Å²) in [5.41, 5.74) is -3.69. The van der Waals surface area contributed by atoms with Gasteiger partial charge in [0, 0.05) is 37.6 Å². The van der Waals surface area contributed by atoms with Gasteiger partial charge >= 0.3 is 5.51 Å². The third-order valence-corrected chi connectivity index (χ3v) is 3.33. The summed E-state index contributed by atoms with van der Waals surface area (Å²) in [6, 6.07) is 2.82. The van der Waals surface area contributed by atoms with Gasteiger partial charge in [0.05, 0.1) is 4.92 Å². The highest BCUT2D eigenvalue weighted by molar-refractivity contribution is 8.00. The molecule has 0 atom stereocenters. The highest BCUT2D eigenvalue weighted by Crippen LogP contribution is 2.35. The third-order valence-electron chi connectivity index (χ3n) is 2.65. The molecule has 0 spiro atoms. The molecule has 1 saturated heterocycles. The van der Waals surface area contributed by atoms with E-state index in [0.29, 0.717) is 31.0 Å². The van der Waals surface area contributed by atoms with E-state index in [-0.39, 0.29) is 16.8 Å². The third kappa shape index (κ3) is 4.81. The highest BCUT2D eigenvalue weighted by Gasteiger charge is 2.30. The Balaban J connectivity index is 2.02. The van der Waals surface area contributed by atoms with Gasteiger partial charge in [0.1, 0.15) is 5.03 Å². The lowest BCUT2D eigenvalue weighted by Crippen LogP contribution is -2.20. The zero-order valence-corrected chi connectivity index (χ0v) is 11.4. The van der Waals surface area contributed by atoms with Gasteiger partial charge in [-0.25, -0.2) is 4.98 Å². The standard InChI is InChI=1S/C11H11F3N4O2S/c12-11(13,14)21-10-2-1-8(5-16-10)6-17-4-3-15-9(17)7-18(19)20/h1-2,5,7,15H,3-4,6H2/b9-7+.